The van der Waals surface area contributed by atoms with Gasteiger partial charge in [0, 0.05) is 42.5 Å². The van der Waals surface area contributed by atoms with Gasteiger partial charge in [-0.2, -0.15) is 9.97 Å². The maximum Gasteiger partial charge on any atom is 0.238 e. The van der Waals surface area contributed by atoms with Crippen molar-refractivity contribution in [1.82, 2.24) is 24.1 Å². The molecule has 2 aliphatic heterocycles. The minimum absolute atomic E-state index is 0.580. The fraction of sp³-hybridized carbons (Fsp3) is 0.0192. The van der Waals surface area contributed by atoms with Gasteiger partial charge in [-0.15, -0.1) is 0 Å². The maximum atomic E-state index is 5.24. The maximum absolute atomic E-state index is 5.24. The van der Waals surface area contributed by atoms with Gasteiger partial charge in [-0.1, -0.05) is 169 Å². The standard InChI is InChI=1S/C52H31N5S/c1-3-16-32(17-4-1)49-53-50(33-18-5-2-6-19-33)55-51(54-49)57-42-27-12-8-21-36(42)46-44(57)31-30-40-48(46)58-45-29-14-10-24-38(45)52(40)37-23-9-13-28-43(37)56-41-26-11-7-20-34(41)35-22-15-25-39(52)47(35)56/h1-31H/t52-/m1/s1. The number of fused-ring (bicyclic) bond motifs is 15. The average molecular weight is 758 g/mol. The van der Waals surface area contributed by atoms with Crippen molar-refractivity contribution in [1.29, 1.82) is 0 Å². The topological polar surface area (TPSA) is 48.5 Å². The third-order valence-corrected chi connectivity index (χ3v) is 13.4. The summed E-state index contributed by atoms with van der Waals surface area (Å²) in [5.41, 5.74) is 12.3. The number of rotatable bonds is 3. The van der Waals surface area contributed by atoms with E-state index in [1.807, 2.05) is 48.2 Å². The molecule has 0 unspecified atom stereocenters. The molecule has 0 fully saturated rings. The second-order valence-electron chi connectivity index (χ2n) is 15.1. The predicted octanol–water partition coefficient (Wildman–Crippen LogP) is 12.6. The zero-order chi connectivity index (χ0) is 38.0. The molecule has 3 aromatic heterocycles. The number of aromatic nitrogens is 5. The summed E-state index contributed by atoms with van der Waals surface area (Å²) in [4.78, 5) is 18.0. The Morgan fingerprint density at radius 2 is 0.983 bits per heavy atom. The van der Waals surface area contributed by atoms with E-state index in [0.29, 0.717) is 17.6 Å². The van der Waals surface area contributed by atoms with Gasteiger partial charge in [0.25, 0.3) is 0 Å². The minimum atomic E-state index is -0.580. The van der Waals surface area contributed by atoms with E-state index in [0.717, 1.165) is 27.5 Å². The second kappa shape index (κ2) is 11.9. The lowest BCUT2D eigenvalue weighted by atomic mass is 9.62. The van der Waals surface area contributed by atoms with Gasteiger partial charge in [-0.25, -0.2) is 4.98 Å². The molecule has 58 heavy (non-hydrogen) atoms. The lowest BCUT2D eigenvalue weighted by Crippen LogP contribution is -2.37. The van der Waals surface area contributed by atoms with Crippen LogP contribution < -0.4 is 0 Å². The van der Waals surface area contributed by atoms with E-state index in [1.54, 1.807) is 0 Å². The van der Waals surface area contributed by atoms with E-state index in [9.17, 15) is 0 Å². The molecule has 11 aromatic rings. The molecule has 5 nitrogen and oxygen atoms in total. The van der Waals surface area contributed by atoms with Crippen molar-refractivity contribution in [2.24, 2.45) is 0 Å². The van der Waals surface area contributed by atoms with Crippen molar-refractivity contribution in [3.05, 3.63) is 210 Å². The lowest BCUT2D eigenvalue weighted by molar-refractivity contribution is 0.692. The third kappa shape index (κ3) is 4.14. The Balaban J connectivity index is 1.16. The molecule has 5 heterocycles. The molecule has 8 aromatic carbocycles. The van der Waals surface area contributed by atoms with Crippen molar-refractivity contribution < 1.29 is 0 Å². The van der Waals surface area contributed by atoms with Crippen LogP contribution in [0.5, 0.6) is 0 Å². The monoisotopic (exact) mass is 757 g/mol. The van der Waals surface area contributed by atoms with E-state index in [1.165, 1.54) is 64.9 Å². The summed E-state index contributed by atoms with van der Waals surface area (Å²) in [6.45, 7) is 0. The number of hydrogen-bond donors (Lipinski definition) is 0. The first-order chi connectivity index (χ1) is 28.8. The highest BCUT2D eigenvalue weighted by atomic mass is 32.2. The molecule has 270 valence electrons. The number of benzene rings is 8. The molecule has 1 spiro atoms. The highest BCUT2D eigenvalue weighted by Crippen LogP contribution is 2.62. The van der Waals surface area contributed by atoms with Crippen LogP contribution >= 0.6 is 11.8 Å². The predicted molar refractivity (Wildman–Crippen MR) is 235 cm³/mol. The zero-order valence-corrected chi connectivity index (χ0v) is 31.9. The highest BCUT2D eigenvalue weighted by molar-refractivity contribution is 7.99. The van der Waals surface area contributed by atoms with E-state index in [-0.39, 0.29) is 0 Å². The van der Waals surface area contributed by atoms with Crippen LogP contribution in [0.25, 0.3) is 78.0 Å². The minimum Gasteiger partial charge on any atom is -0.309 e. The van der Waals surface area contributed by atoms with Crippen LogP contribution in [0.15, 0.2) is 198 Å². The molecule has 0 radical (unpaired) electrons. The fourth-order valence-corrected chi connectivity index (χ4v) is 11.3. The fourth-order valence-electron chi connectivity index (χ4n) is 9.95. The lowest BCUT2D eigenvalue weighted by Gasteiger charge is -2.45. The first-order valence-corrected chi connectivity index (χ1v) is 20.4. The quantitative estimate of drug-likeness (QED) is 0.180. The largest absolute Gasteiger partial charge is 0.309 e. The Morgan fingerprint density at radius 1 is 0.397 bits per heavy atom. The van der Waals surface area contributed by atoms with Crippen molar-refractivity contribution in [2.75, 3.05) is 0 Å². The van der Waals surface area contributed by atoms with Crippen LogP contribution in [0.2, 0.25) is 0 Å². The van der Waals surface area contributed by atoms with E-state index < -0.39 is 5.41 Å². The number of hydrogen-bond acceptors (Lipinski definition) is 4. The summed E-state index contributed by atoms with van der Waals surface area (Å²) in [6, 6.07) is 67.7. The molecule has 0 aliphatic carbocycles. The van der Waals surface area contributed by atoms with Gasteiger partial charge >= 0.3 is 0 Å². The summed E-state index contributed by atoms with van der Waals surface area (Å²) < 4.78 is 4.75. The second-order valence-corrected chi connectivity index (χ2v) is 16.2. The van der Waals surface area contributed by atoms with Crippen LogP contribution in [-0.2, 0) is 5.41 Å². The molecule has 6 heteroatoms. The Labute approximate surface area is 337 Å². The Bertz CT molecular complexity index is 3440. The van der Waals surface area contributed by atoms with Gasteiger partial charge in [0.05, 0.1) is 33.2 Å². The van der Waals surface area contributed by atoms with Crippen LogP contribution in [0, 0.1) is 0 Å². The smallest absolute Gasteiger partial charge is 0.238 e. The third-order valence-electron chi connectivity index (χ3n) is 12.2. The van der Waals surface area contributed by atoms with Crippen molar-refractivity contribution in [3.8, 4) is 34.4 Å². The van der Waals surface area contributed by atoms with Gasteiger partial charge in [-0.05, 0) is 52.6 Å². The number of nitrogens with zero attached hydrogens (tertiary/aromatic N) is 5. The SMILES string of the molecule is c1ccc(-c2nc(-c3ccccc3)nc(-n3c4ccccc4c4c5c(ccc43)[C@@]3(c4ccccc4S5)c4ccccc4-n4c5ccccc5c5cccc3c54)n2)cc1. The summed E-state index contributed by atoms with van der Waals surface area (Å²) in [7, 11) is 0. The Morgan fingerprint density at radius 3 is 1.74 bits per heavy atom. The molecular formula is C52H31N5S. The molecule has 0 saturated carbocycles. The van der Waals surface area contributed by atoms with E-state index in [4.69, 9.17) is 15.0 Å². The van der Waals surface area contributed by atoms with Gasteiger partial charge < -0.3 is 4.57 Å². The number of para-hydroxylation sites is 4. The van der Waals surface area contributed by atoms with Crippen LogP contribution in [0.1, 0.15) is 22.3 Å². The zero-order valence-electron chi connectivity index (χ0n) is 31.0. The van der Waals surface area contributed by atoms with Gasteiger partial charge in [0.2, 0.25) is 5.95 Å². The molecule has 0 saturated heterocycles. The van der Waals surface area contributed by atoms with Crippen molar-refractivity contribution >= 4 is 55.4 Å². The highest BCUT2D eigenvalue weighted by Gasteiger charge is 2.50. The van der Waals surface area contributed by atoms with Crippen LogP contribution in [0.3, 0.4) is 0 Å². The molecule has 0 N–H and O–H groups in total. The van der Waals surface area contributed by atoms with Gasteiger partial charge in [0.15, 0.2) is 11.6 Å². The summed E-state index contributed by atoms with van der Waals surface area (Å²) in [6.07, 6.45) is 0. The normalized spacial score (nSPS) is 15.2. The molecule has 0 bridgehead atoms. The molecule has 2 aliphatic rings. The van der Waals surface area contributed by atoms with E-state index in [2.05, 4.69) is 161 Å². The Kier molecular flexibility index (Phi) is 6.52. The van der Waals surface area contributed by atoms with Crippen molar-refractivity contribution in [2.45, 2.75) is 15.2 Å². The average Bonchev–Trinajstić information content (AvgIpc) is 3.82. The summed E-state index contributed by atoms with van der Waals surface area (Å²) in [5, 5.41) is 4.90. The molecule has 0 amide bonds. The molecular weight excluding hydrogens is 727 g/mol. The molecule has 1 atom stereocenters. The van der Waals surface area contributed by atoms with Crippen molar-refractivity contribution in [3.63, 3.8) is 0 Å². The van der Waals surface area contributed by atoms with Gasteiger partial charge in [-0.3, -0.25) is 4.57 Å². The summed E-state index contributed by atoms with van der Waals surface area (Å²) >= 11 is 1.88. The summed E-state index contributed by atoms with van der Waals surface area (Å²) in [5.74, 6) is 1.86. The van der Waals surface area contributed by atoms with Crippen LogP contribution in [0.4, 0.5) is 0 Å². The van der Waals surface area contributed by atoms with Crippen LogP contribution in [-0.4, -0.2) is 24.1 Å². The Hall–Kier alpha value is -7.28. The van der Waals surface area contributed by atoms with E-state index >= 15 is 0 Å². The first-order valence-electron chi connectivity index (χ1n) is 19.6. The van der Waals surface area contributed by atoms with Gasteiger partial charge in [0.1, 0.15) is 0 Å². The molecule has 13 rings (SSSR count). The first kappa shape index (κ1) is 31.9.